The van der Waals surface area contributed by atoms with Gasteiger partial charge in [0.15, 0.2) is 0 Å². The highest BCUT2D eigenvalue weighted by atomic mass is 16.2. The van der Waals surface area contributed by atoms with Crippen LogP contribution in [0.3, 0.4) is 0 Å². The molecule has 29 heavy (non-hydrogen) atoms. The molecule has 0 aliphatic rings. The molecule has 0 spiro atoms. The van der Waals surface area contributed by atoms with E-state index in [-0.39, 0.29) is 17.7 Å². The minimum atomic E-state index is -0.0988. The molecule has 152 valence electrons. The van der Waals surface area contributed by atoms with Crippen LogP contribution in [0, 0.1) is 5.92 Å². The van der Waals surface area contributed by atoms with Crippen LogP contribution in [0.1, 0.15) is 43.4 Å². The second kappa shape index (κ2) is 9.37. The second-order valence-corrected chi connectivity index (χ2v) is 7.43. The lowest BCUT2D eigenvalue weighted by Gasteiger charge is -2.11. The number of anilines is 1. The standard InChI is InChI=1S/C23H28N4O2/c1-4-13-27-20-9-8-19(26-22(28)16(2)3)14-17(20)15-21(27)23(29)25-12-10-18-7-5-6-11-24-18/h5-9,11,14-16H,4,10,12-13H2,1-3H3,(H,25,29)(H,26,28). The summed E-state index contributed by atoms with van der Waals surface area (Å²) in [7, 11) is 0. The summed E-state index contributed by atoms with van der Waals surface area (Å²) in [5, 5.41) is 6.86. The molecule has 6 heteroatoms. The van der Waals surface area contributed by atoms with Gasteiger partial charge in [0.1, 0.15) is 5.69 Å². The molecule has 0 saturated carbocycles. The molecule has 3 aromatic rings. The van der Waals surface area contributed by atoms with E-state index in [0.29, 0.717) is 18.7 Å². The van der Waals surface area contributed by atoms with Crippen LogP contribution < -0.4 is 10.6 Å². The lowest BCUT2D eigenvalue weighted by Crippen LogP contribution is -2.28. The molecule has 0 atom stereocenters. The van der Waals surface area contributed by atoms with E-state index in [9.17, 15) is 9.59 Å². The lowest BCUT2D eigenvalue weighted by atomic mass is 10.2. The van der Waals surface area contributed by atoms with Gasteiger partial charge >= 0.3 is 0 Å². The van der Waals surface area contributed by atoms with Gasteiger partial charge in [0.25, 0.3) is 5.91 Å². The second-order valence-electron chi connectivity index (χ2n) is 7.43. The van der Waals surface area contributed by atoms with Crippen molar-refractivity contribution in [3.05, 3.63) is 60.0 Å². The van der Waals surface area contributed by atoms with Crippen LogP contribution in [0.2, 0.25) is 0 Å². The number of nitrogens with one attached hydrogen (secondary N) is 2. The highest BCUT2D eigenvalue weighted by Crippen LogP contribution is 2.24. The Morgan fingerprint density at radius 2 is 1.97 bits per heavy atom. The minimum Gasteiger partial charge on any atom is -0.350 e. The van der Waals surface area contributed by atoms with Crippen molar-refractivity contribution in [3.63, 3.8) is 0 Å². The molecule has 0 aliphatic heterocycles. The van der Waals surface area contributed by atoms with E-state index >= 15 is 0 Å². The molecule has 0 saturated heterocycles. The molecular formula is C23H28N4O2. The summed E-state index contributed by atoms with van der Waals surface area (Å²) < 4.78 is 2.04. The van der Waals surface area contributed by atoms with E-state index in [1.54, 1.807) is 6.20 Å². The monoisotopic (exact) mass is 392 g/mol. The Morgan fingerprint density at radius 1 is 1.14 bits per heavy atom. The Balaban J connectivity index is 1.79. The van der Waals surface area contributed by atoms with Crippen LogP contribution in [-0.2, 0) is 17.8 Å². The number of nitrogens with zero attached hydrogens (tertiary/aromatic N) is 2. The molecular weight excluding hydrogens is 364 g/mol. The van der Waals surface area contributed by atoms with Crippen molar-refractivity contribution in [1.29, 1.82) is 0 Å². The number of benzene rings is 1. The topological polar surface area (TPSA) is 76.0 Å². The third kappa shape index (κ3) is 5.02. The van der Waals surface area contributed by atoms with Crippen LogP contribution in [0.25, 0.3) is 10.9 Å². The zero-order valence-electron chi connectivity index (χ0n) is 17.2. The molecule has 0 radical (unpaired) electrons. The third-order valence-electron chi connectivity index (χ3n) is 4.77. The normalized spacial score (nSPS) is 11.0. The van der Waals surface area contributed by atoms with E-state index in [1.807, 2.05) is 60.9 Å². The van der Waals surface area contributed by atoms with Gasteiger partial charge in [0.05, 0.1) is 0 Å². The molecule has 0 bridgehead atoms. The van der Waals surface area contributed by atoms with E-state index in [1.165, 1.54) is 0 Å². The van der Waals surface area contributed by atoms with Crippen molar-refractivity contribution in [1.82, 2.24) is 14.9 Å². The summed E-state index contributed by atoms with van der Waals surface area (Å²) in [5.74, 6) is -0.209. The van der Waals surface area contributed by atoms with Gasteiger partial charge in [-0.2, -0.15) is 0 Å². The van der Waals surface area contributed by atoms with Crippen molar-refractivity contribution in [2.75, 3.05) is 11.9 Å². The predicted octanol–water partition coefficient (Wildman–Crippen LogP) is 4.01. The maximum absolute atomic E-state index is 12.8. The van der Waals surface area contributed by atoms with Crippen molar-refractivity contribution in [2.24, 2.45) is 5.92 Å². The summed E-state index contributed by atoms with van der Waals surface area (Å²) >= 11 is 0. The fraction of sp³-hybridized carbons (Fsp3) is 0.348. The SMILES string of the molecule is CCCn1c(C(=O)NCCc2ccccn2)cc2cc(NC(=O)C(C)C)ccc21. The first kappa shape index (κ1) is 20.6. The average Bonchev–Trinajstić information content (AvgIpc) is 3.07. The number of carbonyl (C=O) groups is 2. The van der Waals surface area contributed by atoms with Crippen molar-refractivity contribution >= 4 is 28.4 Å². The molecule has 2 amide bonds. The van der Waals surface area contributed by atoms with Crippen LogP contribution >= 0.6 is 0 Å². The highest BCUT2D eigenvalue weighted by molar-refractivity contribution is 6.00. The molecule has 2 aromatic heterocycles. The highest BCUT2D eigenvalue weighted by Gasteiger charge is 2.16. The van der Waals surface area contributed by atoms with Gasteiger partial charge in [-0.1, -0.05) is 26.8 Å². The smallest absolute Gasteiger partial charge is 0.267 e. The Kier molecular flexibility index (Phi) is 6.65. The maximum atomic E-state index is 12.8. The summed E-state index contributed by atoms with van der Waals surface area (Å²) in [6.07, 6.45) is 3.36. The molecule has 1 aromatic carbocycles. The number of hydrogen-bond donors (Lipinski definition) is 2. The lowest BCUT2D eigenvalue weighted by molar-refractivity contribution is -0.118. The number of rotatable bonds is 8. The van der Waals surface area contributed by atoms with Gasteiger partial charge in [-0.15, -0.1) is 0 Å². The number of aryl methyl sites for hydroxylation is 1. The Morgan fingerprint density at radius 3 is 2.66 bits per heavy atom. The fourth-order valence-electron chi connectivity index (χ4n) is 3.23. The summed E-state index contributed by atoms with van der Waals surface area (Å²) in [6, 6.07) is 13.4. The number of amides is 2. The first-order valence-electron chi connectivity index (χ1n) is 10.1. The Labute approximate surface area is 171 Å². The number of hydrogen-bond acceptors (Lipinski definition) is 3. The number of carbonyl (C=O) groups excluding carboxylic acids is 2. The molecule has 0 aliphatic carbocycles. The van der Waals surface area contributed by atoms with Crippen molar-refractivity contribution in [3.8, 4) is 0 Å². The largest absolute Gasteiger partial charge is 0.350 e. The van der Waals surface area contributed by atoms with E-state index in [0.717, 1.165) is 35.2 Å². The molecule has 2 N–H and O–H groups in total. The van der Waals surface area contributed by atoms with Crippen LogP contribution in [-0.4, -0.2) is 27.9 Å². The van der Waals surface area contributed by atoms with E-state index < -0.39 is 0 Å². The summed E-state index contributed by atoms with van der Waals surface area (Å²) in [6.45, 7) is 7.09. The number of pyridine rings is 1. The molecule has 2 heterocycles. The molecule has 0 fully saturated rings. The van der Waals surface area contributed by atoms with E-state index in [2.05, 4.69) is 22.5 Å². The van der Waals surface area contributed by atoms with Gasteiger partial charge in [-0.05, 0) is 42.8 Å². The molecule has 0 unspecified atom stereocenters. The summed E-state index contributed by atoms with van der Waals surface area (Å²) in [5.41, 5.74) is 3.32. The van der Waals surface area contributed by atoms with Crippen molar-refractivity contribution in [2.45, 2.75) is 40.2 Å². The quantitative estimate of drug-likeness (QED) is 0.608. The summed E-state index contributed by atoms with van der Waals surface area (Å²) in [4.78, 5) is 29.1. The van der Waals surface area contributed by atoms with Gasteiger partial charge in [0, 0.05) is 53.9 Å². The maximum Gasteiger partial charge on any atom is 0.267 e. The number of fused-ring (bicyclic) bond motifs is 1. The van der Waals surface area contributed by atoms with Gasteiger partial charge < -0.3 is 15.2 Å². The Bertz CT molecular complexity index is 993. The van der Waals surface area contributed by atoms with Gasteiger partial charge in [-0.25, -0.2) is 0 Å². The van der Waals surface area contributed by atoms with Gasteiger partial charge in [-0.3, -0.25) is 14.6 Å². The number of aromatic nitrogens is 2. The zero-order chi connectivity index (χ0) is 20.8. The molecule has 3 rings (SSSR count). The van der Waals surface area contributed by atoms with Gasteiger partial charge in [0.2, 0.25) is 5.91 Å². The Hall–Kier alpha value is -3.15. The minimum absolute atomic E-state index is 0.0233. The zero-order valence-corrected chi connectivity index (χ0v) is 17.2. The average molecular weight is 393 g/mol. The fourth-order valence-corrected chi connectivity index (χ4v) is 3.23. The van der Waals surface area contributed by atoms with Crippen LogP contribution in [0.4, 0.5) is 5.69 Å². The van der Waals surface area contributed by atoms with Crippen LogP contribution in [0.15, 0.2) is 48.7 Å². The van der Waals surface area contributed by atoms with E-state index in [4.69, 9.17) is 0 Å². The first-order chi connectivity index (χ1) is 14.0. The third-order valence-corrected chi connectivity index (χ3v) is 4.77. The van der Waals surface area contributed by atoms with Crippen LogP contribution in [0.5, 0.6) is 0 Å². The molecule has 6 nitrogen and oxygen atoms in total. The first-order valence-corrected chi connectivity index (χ1v) is 10.1. The predicted molar refractivity (Wildman–Crippen MR) is 116 cm³/mol. The van der Waals surface area contributed by atoms with Crippen molar-refractivity contribution < 1.29 is 9.59 Å².